The van der Waals surface area contributed by atoms with Gasteiger partial charge in [0.2, 0.25) is 0 Å². The molecule has 0 rings (SSSR count). The molecule has 0 aliphatic carbocycles. The van der Waals surface area contributed by atoms with E-state index >= 15 is 0 Å². The van der Waals surface area contributed by atoms with E-state index in [9.17, 15) is 4.79 Å². The first-order valence-corrected chi connectivity index (χ1v) is 6.09. The summed E-state index contributed by atoms with van der Waals surface area (Å²) in [5.41, 5.74) is -0.377. The Morgan fingerprint density at radius 2 is 2.20 bits per heavy atom. The van der Waals surface area contributed by atoms with Crippen molar-refractivity contribution in [2.45, 2.75) is 19.5 Å². The maximum atomic E-state index is 10.8. The second kappa shape index (κ2) is 5.17. The first kappa shape index (κ1) is 10.5. The maximum absolute atomic E-state index is 10.8. The minimum atomic E-state index is -1.24. The molecule has 0 aliphatic rings. The summed E-state index contributed by atoms with van der Waals surface area (Å²) in [7, 11) is 0. The third-order valence-electron chi connectivity index (χ3n) is 0.920. The van der Waals surface area contributed by atoms with Crippen LogP contribution in [0.1, 0.15) is 13.8 Å². The molecule has 0 radical (unpaired) electrons. The van der Waals surface area contributed by atoms with Crippen molar-refractivity contribution in [3.05, 3.63) is 0 Å². The number of hydrogen-bond donors (Lipinski definition) is 0. The second-order valence-corrected chi connectivity index (χ2v) is 5.68. The highest BCUT2D eigenvalue weighted by Gasteiger charge is 2.20. The van der Waals surface area contributed by atoms with E-state index in [0.717, 1.165) is 0 Å². The van der Waals surface area contributed by atoms with Crippen LogP contribution < -0.4 is 0 Å². The van der Waals surface area contributed by atoms with Gasteiger partial charge >= 0.3 is 5.97 Å². The van der Waals surface area contributed by atoms with E-state index in [0.29, 0.717) is 6.61 Å². The summed E-state index contributed by atoms with van der Waals surface area (Å²) in [4.78, 5) is 10.8. The third kappa shape index (κ3) is 3.60. The fraction of sp³-hybridized carbons (Fsp3) is 0.800. The summed E-state index contributed by atoms with van der Waals surface area (Å²) in [6.07, 6.45) is 0. The van der Waals surface area contributed by atoms with Crippen LogP contribution in [0.15, 0.2) is 0 Å². The Kier molecular flexibility index (Phi) is 5.42. The first-order chi connectivity index (χ1) is 4.59. The normalized spacial score (nSPS) is 13.3. The molecule has 0 spiro atoms. The molecule has 0 heterocycles. The van der Waals surface area contributed by atoms with Gasteiger partial charge in [0, 0.05) is 0 Å². The molecule has 0 N–H and O–H groups in total. The lowest BCUT2D eigenvalue weighted by Crippen LogP contribution is -2.15. The summed E-state index contributed by atoms with van der Waals surface area (Å²) < 4.78 is 4.67. The highest BCUT2D eigenvalue weighted by molar-refractivity contribution is 8.04. The van der Waals surface area contributed by atoms with Crippen molar-refractivity contribution in [1.29, 1.82) is 0 Å². The largest absolute Gasteiger partial charge is 0.465 e. The second-order valence-electron chi connectivity index (χ2n) is 1.69. The summed E-state index contributed by atoms with van der Waals surface area (Å²) in [6.45, 7) is 2.53. The molecule has 0 aromatic carbocycles. The topological polar surface area (TPSA) is 26.3 Å². The van der Waals surface area contributed by atoms with Crippen LogP contribution in [-0.2, 0) is 9.53 Å². The third-order valence-corrected chi connectivity index (χ3v) is 3.47. The molecule has 0 fully saturated rings. The molecule has 0 bridgehead atoms. The van der Waals surface area contributed by atoms with Gasteiger partial charge in [0.15, 0.2) is 0 Å². The van der Waals surface area contributed by atoms with E-state index < -0.39 is 6.63 Å². The SMILES string of the molecule is CCOC(=O)C(C)P(Cl)Cl. The zero-order valence-corrected chi connectivity index (χ0v) is 8.21. The van der Waals surface area contributed by atoms with Crippen LogP contribution in [0.2, 0.25) is 0 Å². The average Bonchev–Trinajstić information content (AvgIpc) is 1.87. The van der Waals surface area contributed by atoms with Gasteiger partial charge in [-0.25, -0.2) is 0 Å². The number of ether oxygens (including phenoxy) is 1. The predicted molar refractivity (Wildman–Crippen MR) is 44.7 cm³/mol. The Morgan fingerprint density at radius 3 is 2.50 bits per heavy atom. The minimum absolute atomic E-state index is 0.321. The van der Waals surface area contributed by atoms with Crippen LogP contribution in [0.4, 0.5) is 0 Å². The lowest BCUT2D eigenvalue weighted by atomic mass is 10.5. The van der Waals surface area contributed by atoms with Crippen molar-refractivity contribution in [3.8, 4) is 0 Å². The molecule has 0 aliphatic heterocycles. The van der Waals surface area contributed by atoms with Crippen molar-refractivity contribution in [3.63, 3.8) is 0 Å². The molecule has 5 heteroatoms. The van der Waals surface area contributed by atoms with Crippen LogP contribution in [-0.4, -0.2) is 18.2 Å². The fourth-order valence-electron chi connectivity index (χ4n) is 0.343. The van der Waals surface area contributed by atoms with Gasteiger partial charge in [-0.2, -0.15) is 0 Å². The van der Waals surface area contributed by atoms with Crippen molar-refractivity contribution in [2.24, 2.45) is 0 Å². The summed E-state index contributed by atoms with van der Waals surface area (Å²) in [5.74, 6) is -0.321. The first-order valence-electron chi connectivity index (χ1n) is 2.87. The highest BCUT2D eigenvalue weighted by atomic mass is 35.9. The van der Waals surface area contributed by atoms with Crippen molar-refractivity contribution < 1.29 is 9.53 Å². The highest BCUT2D eigenvalue weighted by Crippen LogP contribution is 2.51. The molecule has 60 valence electrons. The van der Waals surface area contributed by atoms with E-state index in [2.05, 4.69) is 4.74 Å². The van der Waals surface area contributed by atoms with Crippen LogP contribution in [0.5, 0.6) is 0 Å². The lowest BCUT2D eigenvalue weighted by molar-refractivity contribution is -0.142. The number of hydrogen-bond acceptors (Lipinski definition) is 2. The van der Waals surface area contributed by atoms with Gasteiger partial charge in [-0.3, -0.25) is 4.79 Å². The van der Waals surface area contributed by atoms with Gasteiger partial charge in [0.25, 0.3) is 0 Å². The van der Waals surface area contributed by atoms with E-state index in [1.807, 2.05) is 0 Å². The van der Waals surface area contributed by atoms with Crippen LogP contribution >= 0.6 is 29.1 Å². The van der Waals surface area contributed by atoms with Gasteiger partial charge in [0.05, 0.1) is 13.2 Å². The van der Waals surface area contributed by atoms with Gasteiger partial charge in [0.1, 0.15) is 5.66 Å². The molecule has 1 unspecified atom stereocenters. The van der Waals surface area contributed by atoms with Gasteiger partial charge in [-0.1, -0.05) is 22.5 Å². The Hall–Kier alpha value is 0.480. The Balaban J connectivity index is 3.71. The number of halogens is 2. The molecule has 10 heavy (non-hydrogen) atoms. The monoisotopic (exact) mass is 202 g/mol. The standard InChI is InChI=1S/C5H9Cl2O2P/c1-3-9-5(8)4(2)10(6)7/h4H,3H2,1-2H3. The van der Waals surface area contributed by atoms with E-state index in [4.69, 9.17) is 22.5 Å². The van der Waals surface area contributed by atoms with Crippen molar-refractivity contribution >= 4 is 35.1 Å². The number of carbonyl (C=O) groups excluding carboxylic acids is 1. The van der Waals surface area contributed by atoms with Crippen LogP contribution in [0, 0.1) is 0 Å². The molecule has 0 saturated heterocycles. The molecule has 1 atom stereocenters. The molecule has 2 nitrogen and oxygen atoms in total. The Labute approximate surface area is 71.2 Å². The van der Waals surface area contributed by atoms with E-state index in [1.165, 1.54) is 0 Å². The van der Waals surface area contributed by atoms with E-state index in [-0.39, 0.29) is 11.6 Å². The van der Waals surface area contributed by atoms with Crippen molar-refractivity contribution in [1.82, 2.24) is 0 Å². The summed E-state index contributed by atoms with van der Waals surface area (Å²) >= 11 is 11.0. The maximum Gasteiger partial charge on any atom is 0.315 e. The van der Waals surface area contributed by atoms with Crippen LogP contribution in [0.25, 0.3) is 0 Å². The summed E-state index contributed by atoms with van der Waals surface area (Å²) in [6, 6.07) is 0. The molecule has 0 saturated carbocycles. The zero-order chi connectivity index (χ0) is 8.15. The van der Waals surface area contributed by atoms with Crippen LogP contribution in [0.3, 0.4) is 0 Å². The number of esters is 1. The minimum Gasteiger partial charge on any atom is -0.465 e. The predicted octanol–water partition coefficient (Wildman–Crippen LogP) is 2.73. The molecule has 0 amide bonds. The quantitative estimate of drug-likeness (QED) is 0.520. The molecule has 0 aromatic rings. The average molecular weight is 203 g/mol. The number of rotatable bonds is 3. The smallest absolute Gasteiger partial charge is 0.315 e. The van der Waals surface area contributed by atoms with Gasteiger partial charge in [-0.15, -0.1) is 0 Å². The zero-order valence-electron chi connectivity index (χ0n) is 5.80. The van der Waals surface area contributed by atoms with E-state index in [1.54, 1.807) is 13.8 Å². The van der Waals surface area contributed by atoms with Gasteiger partial charge < -0.3 is 4.74 Å². The Bertz CT molecular complexity index is 118. The molecular weight excluding hydrogens is 194 g/mol. The van der Waals surface area contributed by atoms with Crippen molar-refractivity contribution in [2.75, 3.05) is 6.61 Å². The van der Waals surface area contributed by atoms with Gasteiger partial charge in [-0.05, 0) is 13.8 Å². The lowest BCUT2D eigenvalue weighted by Gasteiger charge is -2.09. The molecular formula is C5H9Cl2O2P. The summed E-state index contributed by atoms with van der Waals surface area (Å²) in [5, 5.41) is 0. The molecule has 0 aromatic heterocycles. The number of carbonyl (C=O) groups is 1. The Morgan fingerprint density at radius 1 is 1.70 bits per heavy atom. The fourth-order valence-corrected chi connectivity index (χ4v) is 1.05.